The Morgan fingerprint density at radius 3 is 2.33 bits per heavy atom. The van der Waals surface area contributed by atoms with E-state index in [1.165, 1.54) is 51.4 Å². The fourth-order valence-corrected chi connectivity index (χ4v) is 4.30. The Kier molecular flexibility index (Phi) is 2.92. The molecule has 0 aromatic rings. The van der Waals surface area contributed by atoms with Crippen LogP contribution in [0.5, 0.6) is 0 Å². The average Bonchev–Trinajstić information content (AvgIpc) is 3.26. The lowest BCUT2D eigenvalue weighted by atomic mass is 9.76. The molecular formula is C16H25O2. The summed E-state index contributed by atoms with van der Waals surface area (Å²) in [5.74, 6) is 2.42. The first-order chi connectivity index (χ1) is 8.79. The number of fused-ring (bicyclic) bond motifs is 2. The molecule has 4 fully saturated rings. The van der Waals surface area contributed by atoms with Crippen LogP contribution < -0.4 is 0 Å². The van der Waals surface area contributed by atoms with Crippen LogP contribution in [0.3, 0.4) is 0 Å². The van der Waals surface area contributed by atoms with Crippen molar-refractivity contribution in [3.63, 3.8) is 0 Å². The molecule has 2 saturated carbocycles. The van der Waals surface area contributed by atoms with Gasteiger partial charge in [-0.25, -0.2) is 0 Å². The molecule has 2 saturated heterocycles. The zero-order chi connectivity index (χ0) is 12.1. The molecule has 0 bridgehead atoms. The van der Waals surface area contributed by atoms with Crippen LogP contribution in [0, 0.1) is 24.7 Å². The van der Waals surface area contributed by atoms with Crippen LogP contribution in [0.15, 0.2) is 0 Å². The first kappa shape index (κ1) is 11.7. The van der Waals surface area contributed by atoms with Gasteiger partial charge in [0.15, 0.2) is 0 Å². The quantitative estimate of drug-likeness (QED) is 0.714. The second-order valence-corrected chi connectivity index (χ2v) is 7.02. The van der Waals surface area contributed by atoms with Crippen molar-refractivity contribution in [1.82, 2.24) is 0 Å². The Morgan fingerprint density at radius 2 is 1.61 bits per heavy atom. The van der Waals surface area contributed by atoms with E-state index in [4.69, 9.17) is 9.47 Å². The van der Waals surface area contributed by atoms with E-state index < -0.39 is 0 Å². The zero-order valence-electron chi connectivity index (χ0n) is 11.2. The molecular weight excluding hydrogens is 224 g/mol. The molecule has 4 rings (SSSR count). The van der Waals surface area contributed by atoms with E-state index in [9.17, 15) is 0 Å². The van der Waals surface area contributed by atoms with Crippen molar-refractivity contribution >= 4 is 0 Å². The van der Waals surface area contributed by atoms with E-state index in [1.807, 2.05) is 0 Å². The predicted molar refractivity (Wildman–Crippen MR) is 70.1 cm³/mol. The number of ether oxygens (including phenoxy) is 2. The minimum absolute atomic E-state index is 0.614. The van der Waals surface area contributed by atoms with E-state index in [-0.39, 0.29) is 0 Å². The standard InChI is InChI=1S/C16H25O2/c1-10(12-5-7-14-16(9-12)18-14)2-3-11-4-6-13-15(8-11)17-13/h10-16H,1-9H2. The van der Waals surface area contributed by atoms with Gasteiger partial charge in [0.25, 0.3) is 0 Å². The molecule has 7 unspecified atom stereocenters. The van der Waals surface area contributed by atoms with E-state index in [0.29, 0.717) is 30.3 Å². The largest absolute Gasteiger partial charge is 0.370 e. The predicted octanol–water partition coefficient (Wildman–Crippen LogP) is 3.35. The fourth-order valence-electron chi connectivity index (χ4n) is 4.30. The van der Waals surface area contributed by atoms with Gasteiger partial charge >= 0.3 is 0 Å². The third-order valence-corrected chi connectivity index (χ3v) is 5.77. The van der Waals surface area contributed by atoms with E-state index >= 15 is 0 Å². The smallest absolute Gasteiger partial charge is 0.0844 e. The minimum atomic E-state index is 0.614. The molecule has 2 heteroatoms. The fraction of sp³-hybridized carbons (Fsp3) is 0.938. The molecule has 2 heterocycles. The first-order valence-corrected chi connectivity index (χ1v) is 7.93. The highest BCUT2D eigenvalue weighted by molar-refractivity contribution is 4.95. The molecule has 7 atom stereocenters. The highest BCUT2D eigenvalue weighted by atomic mass is 16.6. The van der Waals surface area contributed by atoms with Gasteiger partial charge in [-0.15, -0.1) is 0 Å². The van der Waals surface area contributed by atoms with Gasteiger partial charge in [-0.1, -0.05) is 6.42 Å². The van der Waals surface area contributed by atoms with Gasteiger partial charge in [0.05, 0.1) is 24.4 Å². The van der Waals surface area contributed by atoms with Gasteiger partial charge in [-0.3, -0.25) is 0 Å². The number of rotatable bonds is 4. The summed E-state index contributed by atoms with van der Waals surface area (Å²) >= 11 is 0. The van der Waals surface area contributed by atoms with Gasteiger partial charge in [0.2, 0.25) is 0 Å². The van der Waals surface area contributed by atoms with Gasteiger partial charge in [-0.05, 0) is 69.6 Å². The lowest BCUT2D eigenvalue weighted by Crippen LogP contribution is -2.21. The topological polar surface area (TPSA) is 25.1 Å². The summed E-state index contributed by atoms with van der Waals surface area (Å²) in [7, 11) is 0. The number of epoxide rings is 2. The molecule has 0 N–H and O–H groups in total. The van der Waals surface area contributed by atoms with Crippen LogP contribution >= 0.6 is 0 Å². The van der Waals surface area contributed by atoms with Gasteiger partial charge in [0, 0.05) is 0 Å². The first-order valence-electron chi connectivity index (χ1n) is 7.93. The Bertz CT molecular complexity index is 316. The van der Waals surface area contributed by atoms with Crippen molar-refractivity contribution in [1.29, 1.82) is 0 Å². The highest BCUT2D eigenvalue weighted by Gasteiger charge is 2.45. The molecule has 2 aliphatic carbocycles. The van der Waals surface area contributed by atoms with E-state index in [0.717, 1.165) is 11.8 Å². The van der Waals surface area contributed by atoms with Crippen LogP contribution in [-0.2, 0) is 9.47 Å². The Morgan fingerprint density at radius 1 is 0.889 bits per heavy atom. The molecule has 0 amide bonds. The van der Waals surface area contributed by atoms with Crippen LogP contribution in [0.2, 0.25) is 0 Å². The third kappa shape index (κ3) is 2.34. The molecule has 1 radical (unpaired) electrons. The Hall–Kier alpha value is -0.0800. The number of hydrogen-bond donors (Lipinski definition) is 0. The second-order valence-electron chi connectivity index (χ2n) is 7.02. The summed E-state index contributed by atoms with van der Waals surface area (Å²) < 4.78 is 11.2. The van der Waals surface area contributed by atoms with Crippen LogP contribution in [0.4, 0.5) is 0 Å². The lowest BCUT2D eigenvalue weighted by Gasteiger charge is -2.27. The summed E-state index contributed by atoms with van der Waals surface area (Å²) in [5.41, 5.74) is 0. The maximum absolute atomic E-state index is 5.63. The summed E-state index contributed by atoms with van der Waals surface area (Å²) in [6.45, 7) is 4.44. The normalized spacial score (nSPS) is 51.2. The van der Waals surface area contributed by atoms with Crippen LogP contribution in [-0.4, -0.2) is 24.4 Å². The van der Waals surface area contributed by atoms with Crippen molar-refractivity contribution in [3.05, 3.63) is 6.92 Å². The molecule has 2 aliphatic heterocycles. The maximum atomic E-state index is 5.63. The van der Waals surface area contributed by atoms with Gasteiger partial charge in [-0.2, -0.15) is 0 Å². The van der Waals surface area contributed by atoms with Crippen molar-refractivity contribution in [2.45, 2.75) is 75.8 Å². The summed E-state index contributed by atoms with van der Waals surface area (Å²) in [6.07, 6.45) is 13.2. The Balaban J connectivity index is 1.21. The monoisotopic (exact) mass is 249 g/mol. The van der Waals surface area contributed by atoms with Gasteiger partial charge in [0.1, 0.15) is 0 Å². The molecule has 4 aliphatic rings. The van der Waals surface area contributed by atoms with Crippen molar-refractivity contribution in [3.8, 4) is 0 Å². The minimum Gasteiger partial charge on any atom is -0.370 e. The summed E-state index contributed by atoms with van der Waals surface area (Å²) in [4.78, 5) is 0. The van der Waals surface area contributed by atoms with E-state index in [2.05, 4.69) is 6.92 Å². The van der Waals surface area contributed by atoms with Crippen molar-refractivity contribution in [2.24, 2.45) is 17.8 Å². The van der Waals surface area contributed by atoms with E-state index in [1.54, 1.807) is 0 Å². The molecule has 0 aromatic carbocycles. The zero-order valence-corrected chi connectivity index (χ0v) is 11.2. The lowest BCUT2D eigenvalue weighted by molar-refractivity contribution is 0.260. The van der Waals surface area contributed by atoms with Crippen molar-refractivity contribution in [2.75, 3.05) is 0 Å². The molecule has 0 spiro atoms. The van der Waals surface area contributed by atoms with Gasteiger partial charge < -0.3 is 9.47 Å². The highest BCUT2D eigenvalue weighted by Crippen LogP contribution is 2.45. The average molecular weight is 249 g/mol. The summed E-state index contributed by atoms with van der Waals surface area (Å²) in [6, 6.07) is 0. The Labute approximate surface area is 110 Å². The second kappa shape index (κ2) is 4.49. The molecule has 0 aromatic heterocycles. The summed E-state index contributed by atoms with van der Waals surface area (Å²) in [5, 5.41) is 0. The molecule has 18 heavy (non-hydrogen) atoms. The van der Waals surface area contributed by atoms with Crippen LogP contribution in [0.25, 0.3) is 0 Å². The third-order valence-electron chi connectivity index (χ3n) is 5.77. The molecule has 101 valence electrons. The number of hydrogen-bond acceptors (Lipinski definition) is 2. The van der Waals surface area contributed by atoms with Crippen molar-refractivity contribution < 1.29 is 9.47 Å². The SMILES string of the molecule is [CH2]C(CCC1CCC2OC2C1)C1CCC2OC2C1. The van der Waals surface area contributed by atoms with Crippen LogP contribution in [0.1, 0.15) is 51.4 Å². The molecule has 2 nitrogen and oxygen atoms in total. The maximum Gasteiger partial charge on any atom is 0.0844 e.